The normalized spacial score (nSPS) is 10.1. The number of pyridine rings is 1. The molecular weight excluding hydrogens is 212 g/mol. The molecule has 0 aliphatic carbocycles. The number of benzene rings is 1. The van der Waals surface area contributed by atoms with E-state index in [-0.39, 0.29) is 5.56 Å². The first-order valence-electron chi connectivity index (χ1n) is 4.57. The molecule has 0 fully saturated rings. The maximum absolute atomic E-state index is 13.4. The van der Waals surface area contributed by atoms with Crippen LogP contribution in [0.5, 0.6) is 0 Å². The maximum atomic E-state index is 13.4. The van der Waals surface area contributed by atoms with Gasteiger partial charge in [0.1, 0.15) is 11.6 Å². The van der Waals surface area contributed by atoms with E-state index in [2.05, 4.69) is 4.98 Å². The smallest absolute Gasteiger partial charge is 0.151 e. The molecule has 80 valence electrons. The second-order valence-corrected chi connectivity index (χ2v) is 3.22. The SMILES string of the molecule is O=Cc1ccc(-c2ccc(F)cc2F)nc1. The number of hydrogen-bond acceptors (Lipinski definition) is 2. The fourth-order valence-electron chi connectivity index (χ4n) is 1.33. The fraction of sp³-hybridized carbons (Fsp3) is 0. The summed E-state index contributed by atoms with van der Waals surface area (Å²) in [6, 6.07) is 6.31. The highest BCUT2D eigenvalue weighted by Crippen LogP contribution is 2.21. The highest BCUT2D eigenvalue weighted by Gasteiger charge is 2.07. The Balaban J connectivity index is 2.46. The molecule has 0 aliphatic rings. The van der Waals surface area contributed by atoms with Crippen molar-refractivity contribution >= 4 is 6.29 Å². The average Bonchev–Trinajstić information content (AvgIpc) is 2.29. The first kappa shape index (κ1) is 10.4. The monoisotopic (exact) mass is 219 g/mol. The van der Waals surface area contributed by atoms with Crippen LogP contribution in [0.4, 0.5) is 8.78 Å². The van der Waals surface area contributed by atoms with Crippen LogP contribution in [0.15, 0.2) is 36.5 Å². The Hall–Kier alpha value is -2.10. The molecule has 0 aliphatic heterocycles. The largest absolute Gasteiger partial charge is 0.298 e. The minimum atomic E-state index is -0.675. The summed E-state index contributed by atoms with van der Waals surface area (Å²) in [6.45, 7) is 0. The highest BCUT2D eigenvalue weighted by molar-refractivity contribution is 5.75. The zero-order valence-electron chi connectivity index (χ0n) is 8.15. The zero-order valence-corrected chi connectivity index (χ0v) is 8.15. The van der Waals surface area contributed by atoms with Crippen molar-refractivity contribution < 1.29 is 13.6 Å². The molecule has 1 aromatic heterocycles. The average molecular weight is 219 g/mol. The highest BCUT2D eigenvalue weighted by atomic mass is 19.1. The van der Waals surface area contributed by atoms with Crippen molar-refractivity contribution in [2.75, 3.05) is 0 Å². The van der Waals surface area contributed by atoms with E-state index in [0.717, 1.165) is 12.1 Å². The van der Waals surface area contributed by atoms with E-state index in [9.17, 15) is 13.6 Å². The Morgan fingerprint density at radius 2 is 1.94 bits per heavy atom. The first-order valence-corrected chi connectivity index (χ1v) is 4.57. The van der Waals surface area contributed by atoms with Gasteiger partial charge in [0.25, 0.3) is 0 Å². The number of carbonyl (C=O) groups excluding carboxylic acids is 1. The lowest BCUT2D eigenvalue weighted by Gasteiger charge is -2.02. The number of aldehydes is 1. The van der Waals surface area contributed by atoms with Crippen LogP contribution in [0, 0.1) is 11.6 Å². The molecule has 4 heteroatoms. The van der Waals surface area contributed by atoms with Gasteiger partial charge in [-0.3, -0.25) is 9.78 Å². The van der Waals surface area contributed by atoms with Crippen molar-refractivity contribution in [2.24, 2.45) is 0 Å². The second kappa shape index (κ2) is 4.18. The van der Waals surface area contributed by atoms with Gasteiger partial charge in [0, 0.05) is 23.4 Å². The van der Waals surface area contributed by atoms with E-state index in [1.165, 1.54) is 24.4 Å². The molecule has 0 N–H and O–H groups in total. The summed E-state index contributed by atoms with van der Waals surface area (Å²) in [5.41, 5.74) is 0.980. The minimum Gasteiger partial charge on any atom is -0.298 e. The van der Waals surface area contributed by atoms with Crippen LogP contribution >= 0.6 is 0 Å². The van der Waals surface area contributed by atoms with Gasteiger partial charge in [-0.2, -0.15) is 0 Å². The summed E-state index contributed by atoms with van der Waals surface area (Å²) in [4.78, 5) is 14.3. The lowest BCUT2D eigenvalue weighted by molar-refractivity contribution is 0.112. The quantitative estimate of drug-likeness (QED) is 0.727. The molecule has 0 saturated carbocycles. The van der Waals surface area contributed by atoms with Crippen LogP contribution in [0.1, 0.15) is 10.4 Å². The van der Waals surface area contributed by atoms with Crippen LogP contribution in [-0.2, 0) is 0 Å². The van der Waals surface area contributed by atoms with Crippen molar-refractivity contribution in [1.29, 1.82) is 0 Å². The Labute approximate surface area is 90.6 Å². The molecule has 2 rings (SSSR count). The second-order valence-electron chi connectivity index (χ2n) is 3.22. The molecule has 1 aromatic carbocycles. The Bertz CT molecular complexity index is 523. The van der Waals surface area contributed by atoms with E-state index in [1.54, 1.807) is 0 Å². The van der Waals surface area contributed by atoms with Crippen molar-refractivity contribution in [3.05, 3.63) is 53.7 Å². The molecule has 0 bridgehead atoms. The van der Waals surface area contributed by atoms with E-state index in [0.29, 0.717) is 17.5 Å². The topological polar surface area (TPSA) is 30.0 Å². The fourth-order valence-corrected chi connectivity index (χ4v) is 1.33. The van der Waals surface area contributed by atoms with E-state index >= 15 is 0 Å². The summed E-state index contributed by atoms with van der Waals surface area (Å²) in [7, 11) is 0. The number of halogens is 2. The molecule has 0 radical (unpaired) electrons. The third-order valence-corrected chi connectivity index (χ3v) is 2.13. The molecule has 0 unspecified atom stereocenters. The Morgan fingerprint density at radius 1 is 1.12 bits per heavy atom. The van der Waals surface area contributed by atoms with Gasteiger partial charge in [-0.15, -0.1) is 0 Å². The van der Waals surface area contributed by atoms with E-state index in [4.69, 9.17) is 0 Å². The summed E-state index contributed by atoms with van der Waals surface area (Å²) in [6.07, 6.45) is 1.99. The van der Waals surface area contributed by atoms with Gasteiger partial charge in [0.2, 0.25) is 0 Å². The summed E-state index contributed by atoms with van der Waals surface area (Å²) < 4.78 is 26.0. The standard InChI is InChI=1S/C12H7F2NO/c13-9-2-3-10(11(14)5-9)12-4-1-8(7-16)6-15-12/h1-7H. The summed E-state index contributed by atoms with van der Waals surface area (Å²) in [5.74, 6) is -1.31. The van der Waals surface area contributed by atoms with Crippen molar-refractivity contribution in [3.8, 4) is 11.3 Å². The lowest BCUT2D eigenvalue weighted by atomic mass is 10.1. The van der Waals surface area contributed by atoms with Gasteiger partial charge < -0.3 is 0 Å². The third-order valence-electron chi connectivity index (χ3n) is 2.13. The van der Waals surface area contributed by atoms with Crippen LogP contribution in [0.25, 0.3) is 11.3 Å². The molecule has 2 aromatic rings. The van der Waals surface area contributed by atoms with Crippen molar-refractivity contribution in [2.45, 2.75) is 0 Å². The molecule has 2 nitrogen and oxygen atoms in total. The Morgan fingerprint density at radius 3 is 2.50 bits per heavy atom. The molecule has 0 saturated heterocycles. The number of nitrogens with zero attached hydrogens (tertiary/aromatic N) is 1. The maximum Gasteiger partial charge on any atom is 0.151 e. The van der Waals surface area contributed by atoms with Gasteiger partial charge in [-0.25, -0.2) is 8.78 Å². The predicted octanol–water partition coefficient (Wildman–Crippen LogP) is 2.84. The Kier molecular flexibility index (Phi) is 2.72. The number of hydrogen-bond donors (Lipinski definition) is 0. The molecule has 0 atom stereocenters. The first-order chi connectivity index (χ1) is 7.70. The van der Waals surface area contributed by atoms with Crippen LogP contribution < -0.4 is 0 Å². The van der Waals surface area contributed by atoms with Crippen molar-refractivity contribution in [1.82, 2.24) is 4.98 Å². The van der Waals surface area contributed by atoms with E-state index in [1.807, 2.05) is 0 Å². The lowest BCUT2D eigenvalue weighted by Crippen LogP contribution is -1.90. The number of carbonyl (C=O) groups is 1. The van der Waals surface area contributed by atoms with Crippen molar-refractivity contribution in [3.63, 3.8) is 0 Å². The van der Waals surface area contributed by atoms with Crippen LogP contribution in [-0.4, -0.2) is 11.3 Å². The summed E-state index contributed by atoms with van der Waals surface area (Å²) >= 11 is 0. The minimum absolute atomic E-state index is 0.207. The molecule has 16 heavy (non-hydrogen) atoms. The molecule has 0 spiro atoms. The third kappa shape index (κ3) is 1.95. The number of rotatable bonds is 2. The van der Waals surface area contributed by atoms with Gasteiger partial charge in [-0.05, 0) is 24.3 Å². The van der Waals surface area contributed by atoms with Crippen LogP contribution in [0.3, 0.4) is 0 Å². The van der Waals surface area contributed by atoms with Gasteiger partial charge >= 0.3 is 0 Å². The van der Waals surface area contributed by atoms with Gasteiger partial charge in [0.15, 0.2) is 6.29 Å². The molecular formula is C12H7F2NO. The molecule has 0 amide bonds. The molecule has 1 heterocycles. The number of aromatic nitrogens is 1. The van der Waals surface area contributed by atoms with Gasteiger partial charge in [0.05, 0.1) is 5.69 Å². The van der Waals surface area contributed by atoms with Gasteiger partial charge in [-0.1, -0.05) is 0 Å². The summed E-state index contributed by atoms with van der Waals surface area (Å²) in [5, 5.41) is 0. The predicted molar refractivity (Wildman–Crippen MR) is 55.0 cm³/mol. The van der Waals surface area contributed by atoms with Crippen LogP contribution in [0.2, 0.25) is 0 Å². The zero-order chi connectivity index (χ0) is 11.5. The van der Waals surface area contributed by atoms with E-state index < -0.39 is 11.6 Å².